The molecule has 1 unspecified atom stereocenters. The van der Waals surface area contributed by atoms with Gasteiger partial charge in [-0.3, -0.25) is 4.79 Å². The number of rotatable bonds is 7. The van der Waals surface area contributed by atoms with Gasteiger partial charge in [0.05, 0.1) is 19.1 Å². The molecular weight excluding hydrogens is 258 g/mol. The van der Waals surface area contributed by atoms with Gasteiger partial charge in [0.2, 0.25) is 0 Å². The van der Waals surface area contributed by atoms with Gasteiger partial charge in [-0.15, -0.1) is 0 Å². The monoisotopic (exact) mass is 279 g/mol. The van der Waals surface area contributed by atoms with Crippen molar-refractivity contribution in [1.29, 1.82) is 0 Å². The van der Waals surface area contributed by atoms with Crippen LogP contribution in [0.5, 0.6) is 0 Å². The Bertz CT molecular complexity index is 433. The summed E-state index contributed by atoms with van der Waals surface area (Å²) in [6.07, 6.45) is 0. The molecule has 0 aromatic heterocycles. The molecule has 0 bridgehead atoms. The molecule has 5 nitrogen and oxygen atoms in total. The first-order valence-electron chi connectivity index (χ1n) is 6.75. The van der Waals surface area contributed by atoms with Crippen molar-refractivity contribution >= 4 is 17.6 Å². The van der Waals surface area contributed by atoms with E-state index in [1.165, 1.54) is 0 Å². The topological polar surface area (TPSA) is 64.6 Å². The minimum atomic E-state index is -0.767. The molecule has 1 aromatic rings. The highest BCUT2D eigenvalue weighted by Gasteiger charge is 2.32. The standard InChI is InChI=1S/C15H21NO4/c1-4-19-14(17)11(3)13(15(18)20-5-2)16-12-9-7-6-8-10-12/h6-11,13,16H,4-5H2,1-3H3/t11-,13?/m1/s1. The van der Waals surface area contributed by atoms with Gasteiger partial charge in [-0.05, 0) is 32.9 Å². The Balaban J connectivity index is 2.84. The van der Waals surface area contributed by atoms with Crippen molar-refractivity contribution in [2.24, 2.45) is 5.92 Å². The van der Waals surface area contributed by atoms with Gasteiger partial charge in [0.15, 0.2) is 0 Å². The van der Waals surface area contributed by atoms with E-state index in [-0.39, 0.29) is 13.2 Å². The van der Waals surface area contributed by atoms with Gasteiger partial charge in [0.1, 0.15) is 6.04 Å². The maximum absolute atomic E-state index is 12.0. The second-order valence-corrected chi connectivity index (χ2v) is 4.28. The number of benzene rings is 1. The smallest absolute Gasteiger partial charge is 0.329 e. The van der Waals surface area contributed by atoms with Gasteiger partial charge in [-0.25, -0.2) is 4.79 Å². The molecule has 1 N–H and O–H groups in total. The molecular formula is C15H21NO4. The zero-order valence-corrected chi connectivity index (χ0v) is 12.1. The van der Waals surface area contributed by atoms with Crippen LogP contribution < -0.4 is 5.32 Å². The molecule has 0 aliphatic heterocycles. The van der Waals surface area contributed by atoms with Crippen LogP contribution in [0.15, 0.2) is 30.3 Å². The zero-order valence-electron chi connectivity index (χ0n) is 12.1. The summed E-state index contributed by atoms with van der Waals surface area (Å²) in [4.78, 5) is 23.8. The summed E-state index contributed by atoms with van der Waals surface area (Å²) in [5, 5.41) is 3.03. The Morgan fingerprint density at radius 2 is 1.60 bits per heavy atom. The van der Waals surface area contributed by atoms with Crippen LogP contribution in [0.1, 0.15) is 20.8 Å². The molecule has 0 spiro atoms. The van der Waals surface area contributed by atoms with Crippen molar-refractivity contribution in [3.63, 3.8) is 0 Å². The Morgan fingerprint density at radius 3 is 2.15 bits per heavy atom. The van der Waals surface area contributed by atoms with Crippen LogP contribution in [0.3, 0.4) is 0 Å². The van der Waals surface area contributed by atoms with Gasteiger partial charge in [0, 0.05) is 5.69 Å². The zero-order chi connectivity index (χ0) is 15.0. The van der Waals surface area contributed by atoms with E-state index in [0.717, 1.165) is 5.69 Å². The normalized spacial score (nSPS) is 13.2. The highest BCUT2D eigenvalue weighted by Crippen LogP contribution is 2.15. The van der Waals surface area contributed by atoms with Crippen molar-refractivity contribution in [1.82, 2.24) is 0 Å². The maximum Gasteiger partial charge on any atom is 0.329 e. The van der Waals surface area contributed by atoms with Gasteiger partial charge in [0.25, 0.3) is 0 Å². The van der Waals surface area contributed by atoms with E-state index in [9.17, 15) is 9.59 Å². The molecule has 0 amide bonds. The number of hydrogen-bond donors (Lipinski definition) is 1. The lowest BCUT2D eigenvalue weighted by atomic mass is 10.0. The number of carbonyl (C=O) groups excluding carboxylic acids is 2. The van der Waals surface area contributed by atoms with E-state index < -0.39 is 23.9 Å². The van der Waals surface area contributed by atoms with Crippen LogP contribution in [-0.2, 0) is 19.1 Å². The van der Waals surface area contributed by atoms with Crippen LogP contribution >= 0.6 is 0 Å². The molecule has 0 fully saturated rings. The van der Waals surface area contributed by atoms with Gasteiger partial charge < -0.3 is 14.8 Å². The van der Waals surface area contributed by atoms with E-state index in [1.54, 1.807) is 20.8 Å². The summed E-state index contributed by atoms with van der Waals surface area (Å²) in [5.74, 6) is -1.51. The van der Waals surface area contributed by atoms with E-state index in [0.29, 0.717) is 0 Å². The minimum absolute atomic E-state index is 0.265. The fourth-order valence-corrected chi connectivity index (χ4v) is 1.74. The lowest BCUT2D eigenvalue weighted by molar-refractivity contribution is -0.155. The summed E-state index contributed by atoms with van der Waals surface area (Å²) < 4.78 is 9.98. The molecule has 0 saturated heterocycles. The summed E-state index contributed by atoms with van der Waals surface area (Å²) in [5.41, 5.74) is 0.752. The second-order valence-electron chi connectivity index (χ2n) is 4.28. The number of hydrogen-bond acceptors (Lipinski definition) is 5. The van der Waals surface area contributed by atoms with Crippen LogP contribution in [0, 0.1) is 5.92 Å². The van der Waals surface area contributed by atoms with E-state index >= 15 is 0 Å². The number of esters is 2. The third-order valence-corrected chi connectivity index (χ3v) is 2.79. The lowest BCUT2D eigenvalue weighted by Gasteiger charge is -2.23. The minimum Gasteiger partial charge on any atom is -0.466 e. The predicted molar refractivity (Wildman–Crippen MR) is 76.3 cm³/mol. The Hall–Kier alpha value is -2.04. The van der Waals surface area contributed by atoms with Gasteiger partial charge in [-0.1, -0.05) is 18.2 Å². The van der Waals surface area contributed by atoms with Crippen molar-refractivity contribution < 1.29 is 19.1 Å². The fourth-order valence-electron chi connectivity index (χ4n) is 1.74. The largest absolute Gasteiger partial charge is 0.466 e. The molecule has 0 aliphatic carbocycles. The molecule has 110 valence electrons. The lowest BCUT2D eigenvalue weighted by Crippen LogP contribution is -2.41. The van der Waals surface area contributed by atoms with Gasteiger partial charge in [-0.2, -0.15) is 0 Å². The van der Waals surface area contributed by atoms with E-state index in [4.69, 9.17) is 9.47 Å². The average molecular weight is 279 g/mol. The number of anilines is 1. The van der Waals surface area contributed by atoms with E-state index in [2.05, 4.69) is 5.32 Å². The Kier molecular flexibility index (Phi) is 6.56. The van der Waals surface area contributed by atoms with Crippen LogP contribution in [-0.4, -0.2) is 31.2 Å². The maximum atomic E-state index is 12.0. The predicted octanol–water partition coefficient (Wildman–Crippen LogP) is 2.23. The highest BCUT2D eigenvalue weighted by atomic mass is 16.5. The summed E-state index contributed by atoms with van der Waals surface area (Å²) >= 11 is 0. The number of nitrogens with one attached hydrogen (secondary N) is 1. The second kappa shape index (κ2) is 8.19. The van der Waals surface area contributed by atoms with Crippen LogP contribution in [0.25, 0.3) is 0 Å². The number of ether oxygens (including phenoxy) is 2. The quantitative estimate of drug-likeness (QED) is 0.775. The van der Waals surface area contributed by atoms with Crippen molar-refractivity contribution in [3.8, 4) is 0 Å². The molecule has 2 atom stereocenters. The number of para-hydroxylation sites is 1. The molecule has 0 aliphatic rings. The number of carbonyl (C=O) groups is 2. The van der Waals surface area contributed by atoms with Crippen molar-refractivity contribution in [2.75, 3.05) is 18.5 Å². The molecule has 1 aromatic carbocycles. The molecule has 20 heavy (non-hydrogen) atoms. The molecule has 0 heterocycles. The molecule has 1 rings (SSSR count). The fraction of sp³-hybridized carbons (Fsp3) is 0.467. The van der Waals surface area contributed by atoms with E-state index in [1.807, 2.05) is 30.3 Å². The Morgan fingerprint density at radius 1 is 1.05 bits per heavy atom. The first-order chi connectivity index (χ1) is 9.60. The summed E-state index contributed by atoms with van der Waals surface area (Å²) in [6.45, 7) is 5.65. The Labute approximate surface area is 119 Å². The highest BCUT2D eigenvalue weighted by molar-refractivity contribution is 5.87. The summed E-state index contributed by atoms with van der Waals surface area (Å²) in [6, 6.07) is 8.45. The van der Waals surface area contributed by atoms with Crippen LogP contribution in [0.4, 0.5) is 5.69 Å². The molecule has 0 radical (unpaired) electrons. The third-order valence-electron chi connectivity index (χ3n) is 2.79. The average Bonchev–Trinajstić information content (AvgIpc) is 2.45. The SMILES string of the molecule is CCOC(=O)C(Nc1ccccc1)[C@@H](C)C(=O)OCC. The molecule has 0 saturated carbocycles. The van der Waals surface area contributed by atoms with Crippen LogP contribution in [0.2, 0.25) is 0 Å². The first-order valence-corrected chi connectivity index (χ1v) is 6.75. The first kappa shape index (κ1) is 16.0. The van der Waals surface area contributed by atoms with Gasteiger partial charge >= 0.3 is 11.9 Å². The van der Waals surface area contributed by atoms with Crippen molar-refractivity contribution in [2.45, 2.75) is 26.8 Å². The van der Waals surface area contributed by atoms with Crippen molar-refractivity contribution in [3.05, 3.63) is 30.3 Å². The summed E-state index contributed by atoms with van der Waals surface area (Å²) in [7, 11) is 0. The molecule has 5 heteroatoms. The third kappa shape index (κ3) is 4.57.